The van der Waals surface area contributed by atoms with Crippen molar-refractivity contribution in [3.63, 3.8) is 0 Å². The van der Waals surface area contributed by atoms with Crippen molar-refractivity contribution in [2.45, 2.75) is 26.7 Å². The fourth-order valence-electron chi connectivity index (χ4n) is 1.36. The second kappa shape index (κ2) is 6.03. The van der Waals surface area contributed by atoms with Gasteiger partial charge in [0, 0.05) is 18.9 Å². The van der Waals surface area contributed by atoms with Gasteiger partial charge in [0.1, 0.15) is 11.5 Å². The van der Waals surface area contributed by atoms with Gasteiger partial charge >= 0.3 is 5.97 Å². The van der Waals surface area contributed by atoms with Gasteiger partial charge in [0.25, 0.3) is 0 Å². The van der Waals surface area contributed by atoms with Gasteiger partial charge in [-0.15, -0.1) is 0 Å². The quantitative estimate of drug-likeness (QED) is 0.448. The van der Waals surface area contributed by atoms with Gasteiger partial charge in [0.05, 0.1) is 12.7 Å². The molecule has 0 aliphatic carbocycles. The minimum absolute atomic E-state index is 0.00443. The highest BCUT2D eigenvalue weighted by Crippen LogP contribution is 2.26. The predicted octanol–water partition coefficient (Wildman–Crippen LogP) is 2.60. The summed E-state index contributed by atoms with van der Waals surface area (Å²) in [4.78, 5) is 22.7. The molecule has 0 bridgehead atoms. The van der Waals surface area contributed by atoms with Crippen LogP contribution < -0.4 is 9.47 Å². The van der Waals surface area contributed by atoms with E-state index in [1.165, 1.54) is 7.11 Å². The van der Waals surface area contributed by atoms with Crippen molar-refractivity contribution in [1.29, 1.82) is 0 Å². The Morgan fingerprint density at radius 1 is 1.18 bits per heavy atom. The van der Waals surface area contributed by atoms with E-state index in [9.17, 15) is 9.59 Å². The van der Waals surface area contributed by atoms with Gasteiger partial charge in [-0.2, -0.15) is 0 Å². The van der Waals surface area contributed by atoms with Crippen LogP contribution >= 0.6 is 0 Å². The van der Waals surface area contributed by atoms with E-state index >= 15 is 0 Å². The molecule has 92 valence electrons. The molecule has 0 aliphatic rings. The van der Waals surface area contributed by atoms with Crippen LogP contribution in [0.4, 0.5) is 0 Å². The van der Waals surface area contributed by atoms with E-state index < -0.39 is 0 Å². The Kier molecular flexibility index (Phi) is 4.69. The molecule has 0 spiro atoms. The molecule has 0 amide bonds. The number of Topliss-reactive ketones (excluding diaryl/α,β-unsaturated/α-hetero) is 1. The first-order valence-electron chi connectivity index (χ1n) is 5.54. The van der Waals surface area contributed by atoms with E-state index in [2.05, 4.69) is 0 Å². The standard InChI is InChI=1S/C13H16O4/c1-4-11(14)10-7-6-9(8-12(10)16-3)17-13(15)5-2/h6-8H,4-5H2,1-3H3. The third kappa shape index (κ3) is 3.31. The summed E-state index contributed by atoms with van der Waals surface area (Å²) in [5.74, 6) is 0.497. The molecule has 1 rings (SSSR count). The van der Waals surface area contributed by atoms with Crippen LogP contribution in [0.5, 0.6) is 11.5 Å². The van der Waals surface area contributed by atoms with Crippen molar-refractivity contribution in [2.24, 2.45) is 0 Å². The van der Waals surface area contributed by atoms with Gasteiger partial charge in [-0.05, 0) is 12.1 Å². The highest BCUT2D eigenvalue weighted by Gasteiger charge is 2.12. The zero-order valence-corrected chi connectivity index (χ0v) is 10.3. The summed E-state index contributed by atoms with van der Waals surface area (Å²) in [5, 5.41) is 0. The first kappa shape index (κ1) is 13.2. The molecule has 0 aliphatic heterocycles. The fraction of sp³-hybridized carbons (Fsp3) is 0.385. The lowest BCUT2D eigenvalue weighted by atomic mass is 10.1. The molecule has 0 unspecified atom stereocenters. The van der Waals surface area contributed by atoms with Gasteiger partial charge in [0.2, 0.25) is 0 Å². The number of hydrogen-bond donors (Lipinski definition) is 0. The topological polar surface area (TPSA) is 52.6 Å². The maximum atomic E-state index is 11.6. The number of hydrogen-bond acceptors (Lipinski definition) is 4. The number of rotatable bonds is 5. The molecule has 0 saturated carbocycles. The lowest BCUT2D eigenvalue weighted by molar-refractivity contribution is -0.134. The molecule has 4 nitrogen and oxygen atoms in total. The molecule has 0 atom stereocenters. The molecular weight excluding hydrogens is 220 g/mol. The summed E-state index contributed by atoms with van der Waals surface area (Å²) in [6, 6.07) is 4.76. The molecule has 0 aromatic heterocycles. The zero-order chi connectivity index (χ0) is 12.8. The Balaban J connectivity index is 3.00. The first-order chi connectivity index (χ1) is 8.12. The summed E-state index contributed by atoms with van der Waals surface area (Å²) < 4.78 is 10.2. The molecule has 0 N–H and O–H groups in total. The number of carbonyl (C=O) groups is 2. The molecule has 0 fully saturated rings. The van der Waals surface area contributed by atoms with Crippen LogP contribution in [0.2, 0.25) is 0 Å². The Morgan fingerprint density at radius 3 is 2.41 bits per heavy atom. The highest BCUT2D eigenvalue weighted by atomic mass is 16.5. The van der Waals surface area contributed by atoms with Crippen LogP contribution in [0.15, 0.2) is 18.2 Å². The molecule has 4 heteroatoms. The lowest BCUT2D eigenvalue weighted by Crippen LogP contribution is -2.07. The number of esters is 1. The van der Waals surface area contributed by atoms with E-state index in [4.69, 9.17) is 9.47 Å². The Bertz CT molecular complexity index is 423. The maximum Gasteiger partial charge on any atom is 0.310 e. The predicted molar refractivity (Wildman–Crippen MR) is 63.5 cm³/mol. The normalized spacial score (nSPS) is 9.82. The van der Waals surface area contributed by atoms with Gasteiger partial charge in [-0.3, -0.25) is 9.59 Å². The summed E-state index contributed by atoms with van der Waals surface area (Å²) >= 11 is 0. The average Bonchev–Trinajstić information content (AvgIpc) is 2.37. The highest BCUT2D eigenvalue weighted by molar-refractivity contribution is 5.98. The largest absolute Gasteiger partial charge is 0.496 e. The number of ether oxygens (including phenoxy) is 2. The molecule has 1 aromatic rings. The van der Waals surface area contributed by atoms with Crippen molar-refractivity contribution < 1.29 is 19.1 Å². The summed E-state index contributed by atoms with van der Waals surface area (Å²) in [5.41, 5.74) is 0.506. The van der Waals surface area contributed by atoms with Crippen LogP contribution in [-0.2, 0) is 4.79 Å². The van der Waals surface area contributed by atoms with Crippen LogP contribution in [0.3, 0.4) is 0 Å². The maximum absolute atomic E-state index is 11.6. The fourth-order valence-corrected chi connectivity index (χ4v) is 1.36. The van der Waals surface area contributed by atoms with E-state index in [1.807, 2.05) is 0 Å². The molecule has 0 radical (unpaired) electrons. The number of ketones is 1. The average molecular weight is 236 g/mol. The van der Waals surface area contributed by atoms with Gasteiger partial charge in [-0.1, -0.05) is 13.8 Å². The van der Waals surface area contributed by atoms with Crippen molar-refractivity contribution in [2.75, 3.05) is 7.11 Å². The second-order valence-electron chi connectivity index (χ2n) is 3.47. The van der Waals surface area contributed by atoms with Crippen LogP contribution in [0.1, 0.15) is 37.0 Å². The van der Waals surface area contributed by atoms with Gasteiger partial charge in [-0.25, -0.2) is 0 Å². The summed E-state index contributed by atoms with van der Waals surface area (Å²) in [6.07, 6.45) is 0.711. The van der Waals surface area contributed by atoms with Crippen LogP contribution in [0, 0.1) is 0 Å². The number of carbonyl (C=O) groups excluding carboxylic acids is 2. The van der Waals surface area contributed by atoms with Gasteiger partial charge in [0.15, 0.2) is 5.78 Å². The minimum Gasteiger partial charge on any atom is -0.496 e. The Morgan fingerprint density at radius 2 is 1.88 bits per heavy atom. The molecule has 1 aromatic carbocycles. The monoisotopic (exact) mass is 236 g/mol. The number of methoxy groups -OCH3 is 1. The molecular formula is C13H16O4. The third-order valence-electron chi connectivity index (χ3n) is 2.31. The third-order valence-corrected chi connectivity index (χ3v) is 2.31. The molecule has 0 heterocycles. The zero-order valence-electron chi connectivity index (χ0n) is 10.3. The van der Waals surface area contributed by atoms with Crippen molar-refractivity contribution in [1.82, 2.24) is 0 Å². The van der Waals surface area contributed by atoms with Crippen molar-refractivity contribution in [3.05, 3.63) is 23.8 Å². The summed E-state index contributed by atoms with van der Waals surface area (Å²) in [7, 11) is 1.48. The number of benzene rings is 1. The van der Waals surface area contributed by atoms with E-state index in [0.717, 1.165) is 0 Å². The van der Waals surface area contributed by atoms with Crippen LogP contribution in [-0.4, -0.2) is 18.9 Å². The minimum atomic E-state index is -0.318. The molecule has 17 heavy (non-hydrogen) atoms. The van der Waals surface area contributed by atoms with Crippen LogP contribution in [0.25, 0.3) is 0 Å². The second-order valence-corrected chi connectivity index (χ2v) is 3.47. The first-order valence-corrected chi connectivity index (χ1v) is 5.54. The SMILES string of the molecule is CCC(=O)Oc1ccc(C(=O)CC)c(OC)c1. The van der Waals surface area contributed by atoms with E-state index in [-0.39, 0.29) is 11.8 Å². The Hall–Kier alpha value is -1.84. The van der Waals surface area contributed by atoms with E-state index in [0.29, 0.717) is 29.9 Å². The smallest absolute Gasteiger partial charge is 0.310 e. The van der Waals surface area contributed by atoms with E-state index in [1.54, 1.807) is 32.0 Å². The summed E-state index contributed by atoms with van der Waals surface area (Å²) in [6.45, 7) is 3.50. The van der Waals surface area contributed by atoms with Crippen molar-refractivity contribution in [3.8, 4) is 11.5 Å². The lowest BCUT2D eigenvalue weighted by Gasteiger charge is -2.09. The van der Waals surface area contributed by atoms with Gasteiger partial charge < -0.3 is 9.47 Å². The molecule has 0 saturated heterocycles. The Labute approximate surface area is 101 Å². The van der Waals surface area contributed by atoms with Crippen molar-refractivity contribution >= 4 is 11.8 Å².